The number of nitrogens with zero attached hydrogens (tertiary/aromatic N) is 1. The molecule has 2 N–H and O–H groups in total. The number of nitrogens with one attached hydrogen (secondary N) is 2. The normalized spacial score (nSPS) is 12.1. The number of pyridine rings is 1. The van der Waals surface area contributed by atoms with Gasteiger partial charge in [-0.3, -0.25) is 0 Å². The summed E-state index contributed by atoms with van der Waals surface area (Å²) in [6, 6.07) is 3.35. The van der Waals surface area contributed by atoms with E-state index < -0.39 is 10.0 Å². The van der Waals surface area contributed by atoms with Gasteiger partial charge in [-0.15, -0.1) is 0 Å². The largest absolute Gasteiger partial charge is 0.346 e. The van der Waals surface area contributed by atoms with Crippen LogP contribution in [0.3, 0.4) is 0 Å². The van der Waals surface area contributed by atoms with E-state index in [1.54, 1.807) is 18.3 Å². The lowest BCUT2D eigenvalue weighted by atomic mass is 10.3. The van der Waals surface area contributed by atoms with E-state index in [-0.39, 0.29) is 4.90 Å². The van der Waals surface area contributed by atoms with E-state index in [9.17, 15) is 8.42 Å². The molecule has 74 valence electrons. The van der Waals surface area contributed by atoms with Crippen molar-refractivity contribution in [3.05, 3.63) is 24.5 Å². The van der Waals surface area contributed by atoms with Gasteiger partial charge in [0.15, 0.2) is 0 Å². The second-order valence-corrected chi connectivity index (χ2v) is 4.68. The molecule has 0 aliphatic rings. The fraction of sp³-hybridized carbons (Fsp3) is 0.125. The van der Waals surface area contributed by atoms with Crippen molar-refractivity contribution < 1.29 is 8.42 Å². The molecule has 2 rings (SSSR count). The molecule has 0 saturated heterocycles. The summed E-state index contributed by atoms with van der Waals surface area (Å²) in [4.78, 5) is 7.04. The maximum absolute atomic E-state index is 11.4. The molecule has 5 nitrogen and oxygen atoms in total. The van der Waals surface area contributed by atoms with Gasteiger partial charge in [0.05, 0.1) is 0 Å². The van der Waals surface area contributed by atoms with E-state index in [2.05, 4.69) is 14.7 Å². The number of hydrogen-bond acceptors (Lipinski definition) is 3. The summed E-state index contributed by atoms with van der Waals surface area (Å²) in [5, 5.41) is 0.779. The smallest absolute Gasteiger partial charge is 0.241 e. The Morgan fingerprint density at radius 3 is 3.00 bits per heavy atom. The minimum Gasteiger partial charge on any atom is -0.346 e. The first-order chi connectivity index (χ1) is 6.63. The van der Waals surface area contributed by atoms with Crippen molar-refractivity contribution in [2.45, 2.75) is 4.90 Å². The van der Waals surface area contributed by atoms with Crippen molar-refractivity contribution in [2.24, 2.45) is 0 Å². The molecule has 0 fully saturated rings. The minimum absolute atomic E-state index is 0.173. The van der Waals surface area contributed by atoms with Crippen molar-refractivity contribution in [2.75, 3.05) is 7.05 Å². The van der Waals surface area contributed by atoms with Crippen LogP contribution in [0, 0.1) is 0 Å². The van der Waals surface area contributed by atoms with Gasteiger partial charge in [-0.1, -0.05) is 0 Å². The van der Waals surface area contributed by atoms with Crippen LogP contribution in [0.4, 0.5) is 0 Å². The summed E-state index contributed by atoms with van der Waals surface area (Å²) in [7, 11) is -2.02. The van der Waals surface area contributed by atoms with E-state index in [0.717, 1.165) is 5.39 Å². The highest BCUT2D eigenvalue weighted by molar-refractivity contribution is 7.89. The molecule has 0 atom stereocenters. The van der Waals surface area contributed by atoms with Crippen molar-refractivity contribution >= 4 is 21.1 Å². The molecule has 0 amide bonds. The van der Waals surface area contributed by atoms with Gasteiger partial charge in [0, 0.05) is 17.8 Å². The minimum atomic E-state index is -3.39. The molecule has 0 aliphatic carbocycles. The number of aromatic nitrogens is 2. The van der Waals surface area contributed by atoms with Crippen LogP contribution >= 0.6 is 0 Å². The maximum atomic E-state index is 11.4. The summed E-state index contributed by atoms with van der Waals surface area (Å²) in [6.07, 6.45) is 3.04. The van der Waals surface area contributed by atoms with Gasteiger partial charge in [-0.2, -0.15) is 0 Å². The second kappa shape index (κ2) is 3.07. The first kappa shape index (κ1) is 9.17. The molecule has 6 heteroatoms. The Morgan fingerprint density at radius 1 is 1.50 bits per heavy atom. The Balaban J connectivity index is 2.65. The number of sulfonamides is 1. The van der Waals surface area contributed by atoms with Crippen LogP contribution in [0.1, 0.15) is 0 Å². The first-order valence-corrected chi connectivity index (χ1v) is 5.48. The number of hydrogen-bond donors (Lipinski definition) is 2. The molecule has 0 bridgehead atoms. The Labute approximate surface area is 81.2 Å². The van der Waals surface area contributed by atoms with Crippen LogP contribution in [0.5, 0.6) is 0 Å². The third-order valence-electron chi connectivity index (χ3n) is 1.95. The fourth-order valence-electron chi connectivity index (χ4n) is 1.18. The average Bonchev–Trinajstić information content (AvgIpc) is 2.64. The molecular formula is C8H9N3O2S. The predicted octanol–water partition coefficient (Wildman–Crippen LogP) is 0.471. The quantitative estimate of drug-likeness (QED) is 0.758. The zero-order valence-corrected chi connectivity index (χ0v) is 8.30. The van der Waals surface area contributed by atoms with Gasteiger partial charge in [-0.25, -0.2) is 18.1 Å². The second-order valence-electron chi connectivity index (χ2n) is 2.79. The maximum Gasteiger partial charge on any atom is 0.241 e. The topological polar surface area (TPSA) is 74.8 Å². The van der Waals surface area contributed by atoms with Crippen LogP contribution in [0.25, 0.3) is 11.0 Å². The summed E-state index contributed by atoms with van der Waals surface area (Å²) < 4.78 is 25.0. The SMILES string of the molecule is CNS(=O)(=O)c1cnc2[nH]ccc2c1. The lowest BCUT2D eigenvalue weighted by molar-refractivity contribution is 0.588. The molecule has 0 aliphatic heterocycles. The van der Waals surface area contributed by atoms with Gasteiger partial charge in [0.1, 0.15) is 10.5 Å². The molecule has 0 radical (unpaired) electrons. The van der Waals surface area contributed by atoms with Gasteiger partial charge >= 0.3 is 0 Å². The number of fused-ring (bicyclic) bond motifs is 1. The van der Waals surface area contributed by atoms with Crippen LogP contribution < -0.4 is 4.72 Å². The summed E-state index contributed by atoms with van der Waals surface area (Å²) in [6.45, 7) is 0. The highest BCUT2D eigenvalue weighted by Crippen LogP contribution is 2.14. The Hall–Kier alpha value is -1.40. The molecule has 0 unspecified atom stereocenters. The Kier molecular flexibility index (Phi) is 2.01. The van der Waals surface area contributed by atoms with Crippen molar-refractivity contribution in [3.8, 4) is 0 Å². The predicted molar refractivity (Wildman–Crippen MR) is 52.3 cm³/mol. The lowest BCUT2D eigenvalue weighted by Crippen LogP contribution is -2.18. The van der Waals surface area contributed by atoms with E-state index in [1.807, 2.05) is 0 Å². The zero-order valence-electron chi connectivity index (χ0n) is 7.48. The summed E-state index contributed by atoms with van der Waals surface area (Å²) in [5.74, 6) is 0. The lowest BCUT2D eigenvalue weighted by Gasteiger charge is -2.00. The Bertz CT molecular complexity index is 559. The van der Waals surface area contributed by atoms with Crippen LogP contribution in [-0.4, -0.2) is 25.4 Å². The van der Waals surface area contributed by atoms with Crippen LogP contribution in [0.15, 0.2) is 29.4 Å². The van der Waals surface area contributed by atoms with Crippen molar-refractivity contribution in [1.82, 2.24) is 14.7 Å². The van der Waals surface area contributed by atoms with Crippen molar-refractivity contribution in [1.29, 1.82) is 0 Å². The summed E-state index contributed by atoms with van der Waals surface area (Å²) in [5.41, 5.74) is 0.681. The molecule has 2 aromatic heterocycles. The monoisotopic (exact) mass is 211 g/mol. The molecule has 2 heterocycles. The standard InChI is InChI=1S/C8H9N3O2S/c1-9-14(12,13)7-4-6-2-3-10-8(6)11-5-7/h2-5,9H,1H3,(H,10,11). The first-order valence-electron chi connectivity index (χ1n) is 4.00. The van der Waals surface area contributed by atoms with Gasteiger partial charge in [0.2, 0.25) is 10.0 Å². The van der Waals surface area contributed by atoms with Crippen molar-refractivity contribution in [3.63, 3.8) is 0 Å². The molecule has 2 aromatic rings. The fourth-order valence-corrected chi connectivity index (χ4v) is 1.89. The molecule has 14 heavy (non-hydrogen) atoms. The van der Waals surface area contributed by atoms with Gasteiger partial charge in [0.25, 0.3) is 0 Å². The molecule has 0 aromatic carbocycles. The molecular weight excluding hydrogens is 202 g/mol. The van der Waals surface area contributed by atoms with E-state index >= 15 is 0 Å². The third kappa shape index (κ3) is 1.38. The van der Waals surface area contributed by atoms with Crippen LogP contribution in [-0.2, 0) is 10.0 Å². The number of H-pyrrole nitrogens is 1. The zero-order chi connectivity index (χ0) is 10.2. The molecule has 0 spiro atoms. The third-order valence-corrected chi connectivity index (χ3v) is 3.34. The van der Waals surface area contributed by atoms with E-state index in [1.165, 1.54) is 13.2 Å². The highest BCUT2D eigenvalue weighted by atomic mass is 32.2. The number of aromatic amines is 1. The van der Waals surface area contributed by atoms with Gasteiger partial charge < -0.3 is 4.98 Å². The van der Waals surface area contributed by atoms with E-state index in [0.29, 0.717) is 5.65 Å². The molecule has 0 saturated carbocycles. The highest BCUT2D eigenvalue weighted by Gasteiger charge is 2.12. The van der Waals surface area contributed by atoms with E-state index in [4.69, 9.17) is 0 Å². The van der Waals surface area contributed by atoms with Crippen LogP contribution in [0.2, 0.25) is 0 Å². The van der Waals surface area contributed by atoms with Gasteiger partial charge in [-0.05, 0) is 19.2 Å². The average molecular weight is 211 g/mol. The Morgan fingerprint density at radius 2 is 2.29 bits per heavy atom. The summed E-state index contributed by atoms with van der Waals surface area (Å²) >= 11 is 0. The number of rotatable bonds is 2.